The molecule has 0 radical (unpaired) electrons. The number of aromatic amines is 1. The van der Waals surface area contributed by atoms with Gasteiger partial charge in [-0.3, -0.25) is 4.79 Å². The van der Waals surface area contributed by atoms with Crippen molar-refractivity contribution in [2.45, 2.75) is 26.7 Å². The second-order valence-corrected chi connectivity index (χ2v) is 7.40. The predicted octanol–water partition coefficient (Wildman–Crippen LogP) is 4.96. The largest absolute Gasteiger partial charge is 0.490 e. The number of aromatic nitrogens is 1. The molecule has 0 unspecified atom stereocenters. The molecule has 0 saturated heterocycles. The number of nitriles is 1. The molecule has 1 amide bonds. The minimum absolute atomic E-state index is 0.0325. The van der Waals surface area contributed by atoms with E-state index in [0.29, 0.717) is 49.7 Å². The van der Waals surface area contributed by atoms with Crippen molar-refractivity contribution in [2.75, 3.05) is 19.8 Å². The number of para-hydroxylation sites is 1. The number of hydrogen-bond donors (Lipinski definition) is 2. The molecular formula is C27H29N3O3. The number of carbonyl (C=O) groups is 1. The number of hydrogen-bond acceptors (Lipinski definition) is 4. The molecule has 0 bridgehead atoms. The molecule has 170 valence electrons. The lowest BCUT2D eigenvalue weighted by Gasteiger charge is -2.16. The Kier molecular flexibility index (Phi) is 8.31. The maximum absolute atomic E-state index is 12.7. The first-order valence-electron chi connectivity index (χ1n) is 11.1. The Morgan fingerprint density at radius 2 is 1.97 bits per heavy atom. The van der Waals surface area contributed by atoms with Gasteiger partial charge in [-0.2, -0.15) is 5.26 Å². The van der Waals surface area contributed by atoms with Gasteiger partial charge in [0, 0.05) is 29.2 Å². The molecular weight excluding hydrogens is 414 g/mol. The average Bonchev–Trinajstić information content (AvgIpc) is 3.23. The van der Waals surface area contributed by atoms with E-state index in [2.05, 4.69) is 16.9 Å². The van der Waals surface area contributed by atoms with E-state index in [1.807, 2.05) is 56.4 Å². The number of H-pyrrole nitrogens is 1. The Morgan fingerprint density at radius 3 is 2.70 bits per heavy atom. The molecule has 0 spiro atoms. The third kappa shape index (κ3) is 5.83. The van der Waals surface area contributed by atoms with Crippen LogP contribution in [0.3, 0.4) is 0 Å². The molecule has 2 aromatic carbocycles. The average molecular weight is 444 g/mol. The highest BCUT2D eigenvalue weighted by Crippen LogP contribution is 2.34. The van der Waals surface area contributed by atoms with Gasteiger partial charge < -0.3 is 19.8 Å². The van der Waals surface area contributed by atoms with Gasteiger partial charge in [-0.05, 0) is 62.1 Å². The smallest absolute Gasteiger partial charge is 0.261 e. The fourth-order valence-electron chi connectivity index (χ4n) is 3.70. The number of nitrogens with zero attached hydrogens (tertiary/aromatic N) is 1. The van der Waals surface area contributed by atoms with Crippen molar-refractivity contribution >= 4 is 22.9 Å². The second kappa shape index (κ2) is 11.6. The van der Waals surface area contributed by atoms with E-state index in [-0.39, 0.29) is 5.57 Å². The van der Waals surface area contributed by atoms with Crippen LogP contribution < -0.4 is 14.8 Å². The Labute approximate surface area is 194 Å². The number of fused-ring (bicyclic) bond motifs is 1. The van der Waals surface area contributed by atoms with E-state index in [0.717, 1.165) is 22.0 Å². The fraction of sp³-hybridized carbons (Fsp3) is 0.259. The number of carbonyl (C=O) groups excluding carboxylic acids is 1. The van der Waals surface area contributed by atoms with E-state index in [4.69, 9.17) is 9.47 Å². The Morgan fingerprint density at radius 1 is 1.18 bits per heavy atom. The summed E-state index contributed by atoms with van der Waals surface area (Å²) in [7, 11) is 0. The molecule has 2 N–H and O–H groups in total. The molecule has 0 saturated carbocycles. The van der Waals surface area contributed by atoms with E-state index in [9.17, 15) is 10.1 Å². The summed E-state index contributed by atoms with van der Waals surface area (Å²) in [5.41, 5.74) is 3.80. The SMILES string of the molecule is C=CCc1cc(/C=C(/C#N)C(=O)NCCc2c[nH]c3ccccc23)cc(OCC)c1OCC. The summed E-state index contributed by atoms with van der Waals surface area (Å²) in [6, 6.07) is 13.7. The Bertz CT molecular complexity index is 1200. The van der Waals surface area contributed by atoms with E-state index >= 15 is 0 Å². The highest BCUT2D eigenvalue weighted by Gasteiger charge is 2.15. The minimum atomic E-state index is -0.408. The fourth-order valence-corrected chi connectivity index (χ4v) is 3.70. The normalized spacial score (nSPS) is 11.1. The Hall–Kier alpha value is -3.98. The van der Waals surface area contributed by atoms with Crippen LogP contribution in [0.15, 0.2) is 60.8 Å². The number of rotatable bonds is 11. The predicted molar refractivity (Wildman–Crippen MR) is 131 cm³/mol. The quantitative estimate of drug-likeness (QED) is 0.249. The lowest BCUT2D eigenvalue weighted by atomic mass is 10.0. The van der Waals surface area contributed by atoms with E-state index in [1.165, 1.54) is 0 Å². The molecule has 3 aromatic rings. The zero-order valence-electron chi connectivity index (χ0n) is 19.1. The van der Waals surface area contributed by atoms with Crippen molar-refractivity contribution < 1.29 is 14.3 Å². The van der Waals surface area contributed by atoms with Gasteiger partial charge >= 0.3 is 0 Å². The summed E-state index contributed by atoms with van der Waals surface area (Å²) in [5.74, 6) is 0.842. The van der Waals surface area contributed by atoms with Gasteiger partial charge in [-0.1, -0.05) is 24.3 Å². The van der Waals surface area contributed by atoms with Crippen molar-refractivity contribution in [3.63, 3.8) is 0 Å². The summed E-state index contributed by atoms with van der Waals surface area (Å²) in [6.07, 6.45) is 6.55. The summed E-state index contributed by atoms with van der Waals surface area (Å²) in [5, 5.41) is 13.6. The van der Waals surface area contributed by atoms with Gasteiger partial charge in [0.15, 0.2) is 11.5 Å². The molecule has 33 heavy (non-hydrogen) atoms. The summed E-state index contributed by atoms with van der Waals surface area (Å²) in [4.78, 5) is 15.9. The molecule has 0 aliphatic rings. The van der Waals surface area contributed by atoms with Crippen LogP contribution in [0.1, 0.15) is 30.5 Å². The maximum Gasteiger partial charge on any atom is 0.261 e. The van der Waals surface area contributed by atoms with Crippen LogP contribution >= 0.6 is 0 Å². The maximum atomic E-state index is 12.7. The van der Waals surface area contributed by atoms with Crippen molar-refractivity contribution in [1.82, 2.24) is 10.3 Å². The molecule has 0 aliphatic carbocycles. The molecule has 1 heterocycles. The monoisotopic (exact) mass is 443 g/mol. The lowest BCUT2D eigenvalue weighted by molar-refractivity contribution is -0.117. The first kappa shape index (κ1) is 23.7. The molecule has 6 heteroatoms. The van der Waals surface area contributed by atoms with Gasteiger partial charge in [-0.25, -0.2) is 0 Å². The van der Waals surface area contributed by atoms with Crippen LogP contribution in [-0.4, -0.2) is 30.6 Å². The van der Waals surface area contributed by atoms with Gasteiger partial charge in [0.05, 0.1) is 13.2 Å². The number of ether oxygens (including phenoxy) is 2. The van der Waals surface area contributed by atoms with Crippen LogP contribution in [0, 0.1) is 11.3 Å². The van der Waals surface area contributed by atoms with Crippen LogP contribution in [-0.2, 0) is 17.6 Å². The number of amides is 1. The minimum Gasteiger partial charge on any atom is -0.490 e. The lowest BCUT2D eigenvalue weighted by Crippen LogP contribution is -2.26. The zero-order chi connectivity index (χ0) is 23.6. The topological polar surface area (TPSA) is 87.1 Å². The van der Waals surface area contributed by atoms with Crippen LogP contribution in [0.25, 0.3) is 17.0 Å². The summed E-state index contributed by atoms with van der Waals surface area (Å²) in [6.45, 7) is 9.02. The molecule has 3 rings (SSSR count). The van der Waals surface area contributed by atoms with E-state index in [1.54, 1.807) is 18.2 Å². The zero-order valence-corrected chi connectivity index (χ0v) is 19.1. The third-order valence-corrected chi connectivity index (χ3v) is 5.14. The standard InChI is InChI=1S/C27H29N3O3/c1-4-9-20-14-19(16-25(32-5-2)26(20)33-6-3)15-22(17-28)27(31)29-13-12-21-18-30-24-11-8-7-10-23(21)24/h4,7-8,10-11,14-16,18,30H,1,5-6,9,12-13H2,2-3H3,(H,29,31)/b22-15-. The van der Waals surface area contributed by atoms with Crippen molar-refractivity contribution in [3.8, 4) is 17.6 Å². The molecule has 0 aliphatic heterocycles. The summed E-state index contributed by atoms with van der Waals surface area (Å²) >= 11 is 0. The Balaban J connectivity index is 1.77. The van der Waals surface area contributed by atoms with Crippen LogP contribution in [0.2, 0.25) is 0 Å². The summed E-state index contributed by atoms with van der Waals surface area (Å²) < 4.78 is 11.5. The molecule has 1 aromatic heterocycles. The molecule has 0 fully saturated rings. The van der Waals surface area contributed by atoms with Gasteiger partial charge in [0.1, 0.15) is 11.6 Å². The van der Waals surface area contributed by atoms with Crippen LogP contribution in [0.4, 0.5) is 0 Å². The highest BCUT2D eigenvalue weighted by atomic mass is 16.5. The van der Waals surface area contributed by atoms with Gasteiger partial charge in [0.25, 0.3) is 5.91 Å². The highest BCUT2D eigenvalue weighted by molar-refractivity contribution is 6.01. The number of nitrogens with one attached hydrogen (secondary N) is 2. The van der Waals surface area contributed by atoms with Crippen molar-refractivity contribution in [1.29, 1.82) is 5.26 Å². The molecule has 0 atom stereocenters. The van der Waals surface area contributed by atoms with Gasteiger partial charge in [-0.15, -0.1) is 6.58 Å². The number of benzene rings is 2. The van der Waals surface area contributed by atoms with Crippen LogP contribution in [0.5, 0.6) is 11.5 Å². The van der Waals surface area contributed by atoms with Crippen molar-refractivity contribution in [3.05, 3.63) is 77.5 Å². The molecule has 6 nitrogen and oxygen atoms in total. The van der Waals surface area contributed by atoms with Gasteiger partial charge in [0.2, 0.25) is 0 Å². The third-order valence-electron chi connectivity index (χ3n) is 5.14. The van der Waals surface area contributed by atoms with E-state index < -0.39 is 5.91 Å². The number of allylic oxidation sites excluding steroid dienone is 1. The van der Waals surface area contributed by atoms with Crippen molar-refractivity contribution in [2.24, 2.45) is 0 Å². The first-order valence-corrected chi connectivity index (χ1v) is 11.1. The second-order valence-electron chi connectivity index (χ2n) is 7.40. The first-order chi connectivity index (χ1) is 16.1.